The van der Waals surface area contributed by atoms with Crippen molar-refractivity contribution < 1.29 is 9.59 Å². The van der Waals surface area contributed by atoms with Crippen LogP contribution < -0.4 is 5.43 Å². The number of likely N-dealkylation sites (tertiary alicyclic amines) is 1. The molecule has 2 amide bonds. The zero-order valence-electron chi connectivity index (χ0n) is 21.4. The number of hydrogen-bond donors (Lipinski definition) is 1. The van der Waals surface area contributed by atoms with Crippen molar-refractivity contribution in [1.82, 2.24) is 9.88 Å². The summed E-state index contributed by atoms with van der Waals surface area (Å²) >= 11 is 1.53. The molecule has 0 radical (unpaired) electrons. The number of carbonyl (C=O) groups is 2. The van der Waals surface area contributed by atoms with Crippen LogP contribution in [0.15, 0.2) is 108 Å². The molecule has 7 heteroatoms. The number of carbonyl (C=O) groups excluding carboxylic acids is 2. The predicted octanol–water partition coefficient (Wildman–Crippen LogP) is 5.94. The molecule has 1 saturated heterocycles. The van der Waals surface area contributed by atoms with E-state index >= 15 is 0 Å². The lowest BCUT2D eigenvalue weighted by Crippen LogP contribution is -2.54. The maximum Gasteiger partial charge on any atom is 0.235 e. The van der Waals surface area contributed by atoms with Gasteiger partial charge in [-0.05, 0) is 39.9 Å². The molecular formula is C33H24N4O2S. The van der Waals surface area contributed by atoms with E-state index in [4.69, 9.17) is 5.10 Å². The van der Waals surface area contributed by atoms with Gasteiger partial charge < -0.3 is 0 Å². The van der Waals surface area contributed by atoms with Gasteiger partial charge in [-0.15, -0.1) is 0 Å². The lowest BCUT2D eigenvalue weighted by atomic mass is 9.47. The van der Waals surface area contributed by atoms with Gasteiger partial charge in [-0.25, -0.2) is 4.98 Å². The number of benzene rings is 4. The minimum Gasteiger partial charge on any atom is -0.278 e. The second kappa shape index (κ2) is 8.69. The molecule has 194 valence electrons. The molecule has 0 saturated carbocycles. The third-order valence-corrected chi connectivity index (χ3v) is 9.62. The first kappa shape index (κ1) is 23.3. The van der Waals surface area contributed by atoms with E-state index in [0.717, 1.165) is 38.0 Å². The van der Waals surface area contributed by atoms with Gasteiger partial charge in [-0.1, -0.05) is 102 Å². The van der Waals surface area contributed by atoms with Crippen LogP contribution in [0.3, 0.4) is 0 Å². The van der Waals surface area contributed by atoms with E-state index in [0.29, 0.717) is 5.13 Å². The van der Waals surface area contributed by atoms with Gasteiger partial charge in [0.05, 0.1) is 34.0 Å². The minimum absolute atomic E-state index is 0.107. The Morgan fingerprint density at radius 1 is 0.825 bits per heavy atom. The third-order valence-electron chi connectivity index (χ3n) is 8.68. The number of nitrogens with one attached hydrogen (secondary N) is 1. The Morgan fingerprint density at radius 3 is 2.20 bits per heavy atom. The van der Waals surface area contributed by atoms with Crippen LogP contribution in [-0.2, 0) is 21.5 Å². The van der Waals surface area contributed by atoms with Crippen LogP contribution >= 0.6 is 11.3 Å². The largest absolute Gasteiger partial charge is 0.278 e. The Hall–Kier alpha value is -4.62. The van der Waals surface area contributed by atoms with Crippen LogP contribution in [-0.4, -0.2) is 27.9 Å². The first-order valence-electron chi connectivity index (χ1n) is 13.4. The second-order valence-electron chi connectivity index (χ2n) is 10.6. The minimum atomic E-state index is -0.894. The topological polar surface area (TPSA) is 74.7 Å². The molecule has 5 aromatic rings. The highest BCUT2D eigenvalue weighted by Gasteiger charge is 2.67. The maximum atomic E-state index is 14.3. The van der Waals surface area contributed by atoms with Crippen LogP contribution in [0.25, 0.3) is 10.2 Å². The molecule has 4 aliphatic rings. The van der Waals surface area contributed by atoms with E-state index in [1.165, 1.54) is 16.2 Å². The molecular weight excluding hydrogens is 516 g/mol. The zero-order chi connectivity index (χ0) is 26.8. The van der Waals surface area contributed by atoms with Gasteiger partial charge in [-0.3, -0.25) is 19.9 Å². The Balaban J connectivity index is 1.28. The summed E-state index contributed by atoms with van der Waals surface area (Å²) in [4.78, 5) is 34.6. The monoisotopic (exact) mass is 540 g/mol. The Kier molecular flexibility index (Phi) is 5.06. The standard InChI is InChI=1S/C33H24N4O2S/c38-30-28-27-21-12-4-6-14-23(21)33(24-15-7-5-13-22(24)27,19-34-36-32-35-25-16-8-9-17-26(25)40-32)29(28)31(39)37(30)18-20-10-2-1-3-11-20/h1-17,19,27-29H,18H2,(H,35,36)/b34-19-/t27?,28-,29-,33?/m0/s1. The molecule has 2 heterocycles. The molecule has 1 fully saturated rings. The van der Waals surface area contributed by atoms with E-state index in [-0.39, 0.29) is 24.3 Å². The number of aromatic nitrogens is 1. The normalized spacial score (nSPS) is 24.4. The summed E-state index contributed by atoms with van der Waals surface area (Å²) in [5.74, 6) is -1.50. The first-order valence-corrected chi connectivity index (χ1v) is 14.2. The van der Waals surface area contributed by atoms with Crippen molar-refractivity contribution in [2.45, 2.75) is 17.9 Å². The SMILES string of the molecule is O=C1[C@@H]2[C@@H](C(=O)N1Cc1ccccc1)C1c3ccccc3C2(/C=N\Nc2nc3ccccc3s2)c2ccccc21. The Bertz CT molecular complexity index is 1770. The van der Waals surface area contributed by atoms with Gasteiger partial charge in [0.2, 0.25) is 16.9 Å². The van der Waals surface area contributed by atoms with Crippen LogP contribution in [0.2, 0.25) is 0 Å². The van der Waals surface area contributed by atoms with E-state index < -0.39 is 17.3 Å². The Morgan fingerprint density at radius 2 is 1.48 bits per heavy atom. The molecule has 6 nitrogen and oxygen atoms in total. The maximum absolute atomic E-state index is 14.3. The van der Waals surface area contributed by atoms with Gasteiger partial charge in [0.25, 0.3) is 0 Å². The van der Waals surface area contributed by atoms with Crippen molar-refractivity contribution >= 4 is 44.7 Å². The predicted molar refractivity (Wildman–Crippen MR) is 156 cm³/mol. The van der Waals surface area contributed by atoms with Gasteiger partial charge in [0, 0.05) is 12.1 Å². The first-order chi connectivity index (χ1) is 19.7. The molecule has 1 aliphatic heterocycles. The molecule has 0 unspecified atom stereocenters. The van der Waals surface area contributed by atoms with E-state index in [1.54, 1.807) is 0 Å². The highest BCUT2D eigenvalue weighted by atomic mass is 32.1. The average Bonchev–Trinajstić information content (AvgIpc) is 3.52. The highest BCUT2D eigenvalue weighted by molar-refractivity contribution is 7.22. The number of imide groups is 1. The number of rotatable bonds is 5. The third kappa shape index (κ3) is 3.15. The fourth-order valence-electron chi connectivity index (χ4n) is 7.14. The molecule has 9 rings (SSSR count). The number of thiazole rings is 1. The summed E-state index contributed by atoms with van der Waals surface area (Å²) < 4.78 is 1.07. The quantitative estimate of drug-likeness (QED) is 0.170. The number of nitrogens with zero attached hydrogens (tertiary/aromatic N) is 3. The van der Waals surface area contributed by atoms with Gasteiger partial charge in [0.1, 0.15) is 0 Å². The summed E-state index contributed by atoms with van der Waals surface area (Å²) in [6.07, 6.45) is 1.86. The van der Waals surface area contributed by atoms with Crippen molar-refractivity contribution in [3.8, 4) is 0 Å². The van der Waals surface area contributed by atoms with Crippen molar-refractivity contribution in [3.05, 3.63) is 131 Å². The lowest BCUT2D eigenvalue weighted by Gasteiger charge is -2.52. The van der Waals surface area contributed by atoms with Gasteiger partial charge >= 0.3 is 0 Å². The molecule has 1 aromatic heterocycles. The van der Waals surface area contributed by atoms with Crippen molar-refractivity contribution in [2.75, 3.05) is 5.43 Å². The van der Waals surface area contributed by atoms with Crippen molar-refractivity contribution in [1.29, 1.82) is 0 Å². The Labute approximate surface area is 235 Å². The number of amides is 2. The summed E-state index contributed by atoms with van der Waals surface area (Å²) in [6.45, 7) is 0.266. The number of para-hydroxylation sites is 1. The second-order valence-corrected chi connectivity index (χ2v) is 11.7. The number of fused-ring (bicyclic) bond motifs is 1. The summed E-state index contributed by atoms with van der Waals surface area (Å²) in [6, 6.07) is 34.1. The summed E-state index contributed by atoms with van der Waals surface area (Å²) in [5, 5.41) is 5.42. The molecule has 2 bridgehead atoms. The molecule has 4 aromatic carbocycles. The fraction of sp³-hybridized carbons (Fsp3) is 0.152. The molecule has 3 aliphatic carbocycles. The fourth-order valence-corrected chi connectivity index (χ4v) is 7.96. The van der Waals surface area contributed by atoms with E-state index in [9.17, 15) is 9.59 Å². The van der Waals surface area contributed by atoms with Crippen molar-refractivity contribution in [3.63, 3.8) is 0 Å². The molecule has 40 heavy (non-hydrogen) atoms. The molecule has 2 atom stereocenters. The van der Waals surface area contributed by atoms with Crippen molar-refractivity contribution in [2.24, 2.45) is 16.9 Å². The molecule has 0 spiro atoms. The lowest BCUT2D eigenvalue weighted by molar-refractivity contribution is -0.140. The van der Waals surface area contributed by atoms with Crippen LogP contribution in [0.1, 0.15) is 33.7 Å². The van der Waals surface area contributed by atoms with Gasteiger partial charge in [0.15, 0.2) is 0 Å². The summed E-state index contributed by atoms with van der Waals surface area (Å²) in [5.41, 5.74) is 8.36. The van der Waals surface area contributed by atoms with E-state index in [2.05, 4.69) is 34.7 Å². The van der Waals surface area contributed by atoms with Crippen LogP contribution in [0.4, 0.5) is 5.13 Å². The highest BCUT2D eigenvalue weighted by Crippen LogP contribution is 2.63. The average molecular weight is 541 g/mol. The van der Waals surface area contributed by atoms with Crippen LogP contribution in [0.5, 0.6) is 0 Å². The number of hydrazone groups is 1. The number of hydrogen-bond acceptors (Lipinski definition) is 6. The molecule has 1 N–H and O–H groups in total. The van der Waals surface area contributed by atoms with Crippen LogP contribution in [0, 0.1) is 11.8 Å². The van der Waals surface area contributed by atoms with Gasteiger partial charge in [-0.2, -0.15) is 5.10 Å². The van der Waals surface area contributed by atoms with E-state index in [1.807, 2.05) is 85.1 Å². The summed E-state index contributed by atoms with van der Waals surface area (Å²) in [7, 11) is 0. The number of anilines is 1. The zero-order valence-corrected chi connectivity index (χ0v) is 22.2. The smallest absolute Gasteiger partial charge is 0.235 e.